The minimum atomic E-state index is -1.46. The zero-order chi connectivity index (χ0) is 7.15. The molecule has 0 saturated carbocycles. The second-order valence-electron chi connectivity index (χ2n) is 0.647. The molecule has 0 aliphatic heterocycles. The highest BCUT2D eigenvalue weighted by Crippen LogP contribution is 1.82. The smallest absolute Gasteiger partial charge is 0.358 e. The Labute approximate surface area is 58.9 Å². The van der Waals surface area contributed by atoms with Crippen LogP contribution in [0.15, 0.2) is 25.0 Å². The molecule has 0 unspecified atom stereocenters. The zero-order valence-corrected chi connectivity index (χ0v) is 5.62. The molecule has 64 valence electrons. The molecule has 10 heavy (non-hydrogen) atoms. The molecule has 6 nitrogen and oxygen atoms in total. The highest BCUT2D eigenvalue weighted by atomic mass is 16.5. The molecular weight excluding hydrogens is 140 g/mol. The van der Waals surface area contributed by atoms with E-state index in [0.29, 0.717) is 0 Å². The Morgan fingerprint density at radius 1 is 0.700 bits per heavy atom. The van der Waals surface area contributed by atoms with Gasteiger partial charge in [0, 0.05) is 0 Å². The number of hydrogen-bond acceptors (Lipinski definition) is 6. The van der Waals surface area contributed by atoms with E-state index in [0.717, 1.165) is 0 Å². The molecule has 10 N–H and O–H groups in total. The molecule has 0 aromatic heterocycles. The van der Waals surface area contributed by atoms with Crippen LogP contribution in [0.2, 0.25) is 0 Å². The van der Waals surface area contributed by atoms with E-state index in [1.165, 1.54) is 0 Å². The maximum Gasteiger partial charge on any atom is 0.358 e. The molecule has 0 rings (SSSR count). The highest BCUT2D eigenvalue weighted by Gasteiger charge is 1.91. The van der Waals surface area contributed by atoms with Gasteiger partial charge in [0.25, 0.3) is 0 Å². The Morgan fingerprint density at radius 3 is 0.800 bits per heavy atom. The summed E-state index contributed by atoms with van der Waals surface area (Å²) in [4.78, 5) is 0. The number of rotatable bonds is 0. The summed E-state index contributed by atoms with van der Waals surface area (Å²) in [5.74, 6) is -2.93. The number of aliphatic hydroxyl groups is 4. The van der Waals surface area contributed by atoms with Crippen LogP contribution in [-0.2, 0) is 0 Å². The van der Waals surface area contributed by atoms with Gasteiger partial charge in [0.1, 0.15) is 0 Å². The highest BCUT2D eigenvalue weighted by molar-refractivity contribution is 4.73. The van der Waals surface area contributed by atoms with Crippen molar-refractivity contribution in [2.45, 2.75) is 0 Å². The Kier molecular flexibility index (Phi) is 36.7. The molecule has 0 radical (unpaired) electrons. The SMILES string of the molecule is C=C.N.N.OC(O)=C(O)O. The average molecular weight is 154 g/mol. The molecule has 0 amide bonds. The summed E-state index contributed by atoms with van der Waals surface area (Å²) in [6.07, 6.45) is 0. The van der Waals surface area contributed by atoms with Gasteiger partial charge in [-0.1, -0.05) is 0 Å². The van der Waals surface area contributed by atoms with Crippen molar-refractivity contribution in [3.05, 3.63) is 25.0 Å². The lowest BCUT2D eigenvalue weighted by Crippen LogP contribution is -1.84. The van der Waals surface area contributed by atoms with E-state index in [1.807, 2.05) is 0 Å². The molecule has 0 aromatic carbocycles. The minimum Gasteiger partial charge on any atom is -0.476 e. The lowest BCUT2D eigenvalue weighted by Gasteiger charge is -1.83. The molecule has 0 bridgehead atoms. The predicted octanol–water partition coefficient (Wildman–Crippen LogP) is 1.47. The van der Waals surface area contributed by atoms with Crippen molar-refractivity contribution in [2.24, 2.45) is 0 Å². The van der Waals surface area contributed by atoms with E-state index >= 15 is 0 Å². The zero-order valence-electron chi connectivity index (χ0n) is 5.62. The van der Waals surface area contributed by atoms with Gasteiger partial charge in [-0.25, -0.2) is 0 Å². The maximum absolute atomic E-state index is 7.56. The summed E-state index contributed by atoms with van der Waals surface area (Å²) in [5.41, 5.74) is 0. The summed E-state index contributed by atoms with van der Waals surface area (Å²) in [5, 5.41) is 30.3. The van der Waals surface area contributed by atoms with Crippen molar-refractivity contribution in [3.63, 3.8) is 0 Å². The Morgan fingerprint density at radius 2 is 0.800 bits per heavy atom. The average Bonchev–Trinajstić information content (AvgIpc) is 1.72. The summed E-state index contributed by atoms with van der Waals surface area (Å²) in [6, 6.07) is 0. The summed E-state index contributed by atoms with van der Waals surface area (Å²) >= 11 is 0. The van der Waals surface area contributed by atoms with Crippen molar-refractivity contribution in [2.75, 3.05) is 0 Å². The van der Waals surface area contributed by atoms with Crippen LogP contribution in [0.3, 0.4) is 0 Å². The third-order valence-electron chi connectivity index (χ3n) is 0.200. The van der Waals surface area contributed by atoms with E-state index in [2.05, 4.69) is 13.2 Å². The van der Waals surface area contributed by atoms with Gasteiger partial charge in [0.05, 0.1) is 0 Å². The fourth-order valence-corrected chi connectivity index (χ4v) is 0. The quantitative estimate of drug-likeness (QED) is 0.229. The maximum atomic E-state index is 7.56. The van der Waals surface area contributed by atoms with Gasteiger partial charge in [0.15, 0.2) is 0 Å². The Bertz CT molecular complexity index is 75.3. The van der Waals surface area contributed by atoms with Gasteiger partial charge < -0.3 is 32.7 Å². The van der Waals surface area contributed by atoms with E-state index in [4.69, 9.17) is 20.4 Å². The van der Waals surface area contributed by atoms with Crippen LogP contribution in [0, 0.1) is 0 Å². The minimum absolute atomic E-state index is 0. The molecule has 0 saturated heterocycles. The Balaban J connectivity index is -0.0000000412. The number of aliphatic hydroxyl groups excluding tert-OH is 2. The van der Waals surface area contributed by atoms with Gasteiger partial charge in [-0.3, -0.25) is 0 Å². The fourth-order valence-electron chi connectivity index (χ4n) is 0. The standard InChI is InChI=1S/C2H4O4.C2H4.2H3N/c3-1(4)2(5)6;1-2;;/h3-6H;1-2H2;2*1H3. The molecule has 0 aliphatic rings. The van der Waals surface area contributed by atoms with E-state index in [1.54, 1.807) is 0 Å². The topological polar surface area (TPSA) is 151 Å². The summed E-state index contributed by atoms with van der Waals surface area (Å²) in [7, 11) is 0. The van der Waals surface area contributed by atoms with Crippen LogP contribution < -0.4 is 12.3 Å². The van der Waals surface area contributed by atoms with Crippen molar-refractivity contribution in [1.29, 1.82) is 0 Å². The lowest BCUT2D eigenvalue weighted by atomic mass is 10.9. The first-order chi connectivity index (χ1) is 3.64. The first-order valence-electron chi connectivity index (χ1n) is 1.64. The van der Waals surface area contributed by atoms with Gasteiger partial charge in [0.2, 0.25) is 0 Å². The van der Waals surface area contributed by atoms with Crippen molar-refractivity contribution >= 4 is 0 Å². The first-order valence-corrected chi connectivity index (χ1v) is 1.64. The predicted molar refractivity (Wildman–Crippen MR) is 38.8 cm³/mol. The molecule has 0 atom stereocenters. The third-order valence-corrected chi connectivity index (χ3v) is 0.200. The van der Waals surface area contributed by atoms with Gasteiger partial charge in [-0.05, 0) is 0 Å². The normalized spacial score (nSPS) is 4.80. The van der Waals surface area contributed by atoms with Crippen molar-refractivity contribution < 1.29 is 20.4 Å². The van der Waals surface area contributed by atoms with Crippen molar-refractivity contribution in [3.8, 4) is 0 Å². The monoisotopic (exact) mass is 154 g/mol. The first kappa shape index (κ1) is 23.5. The van der Waals surface area contributed by atoms with Crippen LogP contribution in [0.1, 0.15) is 0 Å². The molecule has 0 heterocycles. The molecule has 0 spiro atoms. The fraction of sp³-hybridized carbons (Fsp3) is 0. The van der Waals surface area contributed by atoms with E-state index in [9.17, 15) is 0 Å². The van der Waals surface area contributed by atoms with Gasteiger partial charge in [-0.2, -0.15) is 0 Å². The Hall–Kier alpha value is -1.40. The molecule has 0 aliphatic carbocycles. The second-order valence-corrected chi connectivity index (χ2v) is 0.647. The number of hydrogen-bond donors (Lipinski definition) is 6. The van der Waals surface area contributed by atoms with Crippen LogP contribution in [0.4, 0.5) is 0 Å². The third kappa shape index (κ3) is 30.6. The van der Waals surface area contributed by atoms with Crippen LogP contribution in [0.25, 0.3) is 0 Å². The van der Waals surface area contributed by atoms with Crippen LogP contribution >= 0.6 is 0 Å². The van der Waals surface area contributed by atoms with Crippen molar-refractivity contribution in [1.82, 2.24) is 12.3 Å². The largest absolute Gasteiger partial charge is 0.476 e. The summed E-state index contributed by atoms with van der Waals surface area (Å²) < 4.78 is 0. The van der Waals surface area contributed by atoms with E-state index < -0.39 is 11.9 Å². The van der Waals surface area contributed by atoms with Gasteiger partial charge >= 0.3 is 11.9 Å². The molecule has 6 heteroatoms. The van der Waals surface area contributed by atoms with Crippen LogP contribution in [0.5, 0.6) is 0 Å². The molecule has 0 aromatic rings. The summed E-state index contributed by atoms with van der Waals surface area (Å²) in [6.45, 7) is 6.00. The second kappa shape index (κ2) is 15.6. The van der Waals surface area contributed by atoms with E-state index in [-0.39, 0.29) is 12.3 Å². The molecular formula is C4H14N2O4. The lowest BCUT2D eigenvalue weighted by molar-refractivity contribution is 0.0883. The van der Waals surface area contributed by atoms with Gasteiger partial charge in [-0.15, -0.1) is 13.2 Å². The van der Waals surface area contributed by atoms with Crippen LogP contribution in [-0.4, -0.2) is 20.4 Å². The molecule has 0 fully saturated rings.